The highest BCUT2D eigenvalue weighted by atomic mass is 16.6. The van der Waals surface area contributed by atoms with Crippen LogP contribution in [0.4, 0.5) is 0 Å². The van der Waals surface area contributed by atoms with Gasteiger partial charge < -0.3 is 18.9 Å². The largest absolute Gasteiger partial charge is 0.453 e. The van der Waals surface area contributed by atoms with E-state index in [1.54, 1.807) is 13.8 Å². The lowest BCUT2D eigenvalue weighted by Crippen LogP contribution is -2.39. The molecule has 152 valence electrons. The summed E-state index contributed by atoms with van der Waals surface area (Å²) in [5.74, 6) is -3.47. The molecule has 0 aliphatic carbocycles. The molecule has 0 heterocycles. The average molecular weight is 384 g/mol. The molecule has 0 radical (unpaired) electrons. The lowest BCUT2D eigenvalue weighted by molar-refractivity contribution is -0.165. The van der Waals surface area contributed by atoms with E-state index in [0.717, 1.165) is 13.8 Å². The first-order valence-corrected chi connectivity index (χ1v) is 8.41. The quantitative estimate of drug-likeness (QED) is 0.232. The summed E-state index contributed by atoms with van der Waals surface area (Å²) in [6.45, 7) is 15.7. The number of rotatable bonds is 11. The van der Waals surface area contributed by atoms with Gasteiger partial charge in [0, 0.05) is 20.3 Å². The Balaban J connectivity index is 4.80. The second kappa shape index (κ2) is 10.0. The molecule has 0 saturated heterocycles. The Bertz CT molecular complexity index is 632. The minimum Gasteiger partial charge on any atom is -0.453 e. The molecule has 8 heteroatoms. The number of ketones is 1. The topological polar surface area (TPSA) is 105 Å². The minimum absolute atomic E-state index is 0.0732. The Morgan fingerprint density at radius 2 is 1.37 bits per heavy atom. The number of Topliss-reactive ketones (excluding diaryl/α,β-unsaturated/α-hetero) is 1. The molecule has 27 heavy (non-hydrogen) atoms. The molecule has 0 N–H and O–H groups in total. The fourth-order valence-electron chi connectivity index (χ4n) is 1.94. The normalized spacial score (nSPS) is 13.1. The van der Waals surface area contributed by atoms with Gasteiger partial charge in [0.25, 0.3) is 0 Å². The summed E-state index contributed by atoms with van der Waals surface area (Å²) in [6, 6.07) is 0. The monoisotopic (exact) mass is 384 g/mol. The second-order valence-corrected chi connectivity index (χ2v) is 6.66. The number of carbonyl (C=O) groups excluding carboxylic acids is 4. The Hall–Kier alpha value is -2.48. The van der Waals surface area contributed by atoms with Crippen molar-refractivity contribution in [3.8, 4) is 0 Å². The van der Waals surface area contributed by atoms with Gasteiger partial charge >= 0.3 is 17.9 Å². The Labute approximate surface area is 159 Å². The van der Waals surface area contributed by atoms with E-state index in [1.807, 2.05) is 0 Å². The summed E-state index contributed by atoms with van der Waals surface area (Å²) >= 11 is 0. The summed E-state index contributed by atoms with van der Waals surface area (Å²) < 4.78 is 20.3. The zero-order valence-electron chi connectivity index (χ0n) is 16.8. The molecule has 0 aliphatic rings. The van der Waals surface area contributed by atoms with Crippen molar-refractivity contribution in [2.24, 2.45) is 0 Å². The molecule has 1 unspecified atom stereocenters. The smallest absolute Gasteiger partial charge is 0.374 e. The van der Waals surface area contributed by atoms with Crippen molar-refractivity contribution in [1.29, 1.82) is 0 Å². The molecule has 1 atom stereocenters. The molecular formula is C19H28O8. The van der Waals surface area contributed by atoms with Gasteiger partial charge in [0.2, 0.25) is 11.5 Å². The van der Waals surface area contributed by atoms with Crippen LogP contribution in [0, 0.1) is 0 Å². The van der Waals surface area contributed by atoms with Crippen LogP contribution in [0.15, 0.2) is 24.7 Å². The summed E-state index contributed by atoms with van der Waals surface area (Å²) in [5.41, 5.74) is -2.21. The highest BCUT2D eigenvalue weighted by Gasteiger charge is 2.34. The van der Waals surface area contributed by atoms with Crippen molar-refractivity contribution >= 4 is 23.7 Å². The lowest BCUT2D eigenvalue weighted by Gasteiger charge is -2.30. The van der Waals surface area contributed by atoms with Gasteiger partial charge in [-0.1, -0.05) is 13.5 Å². The first kappa shape index (κ1) is 24.5. The number of hydrogen-bond donors (Lipinski definition) is 0. The molecule has 8 nitrogen and oxygen atoms in total. The Morgan fingerprint density at radius 1 is 0.889 bits per heavy atom. The predicted molar refractivity (Wildman–Crippen MR) is 96.3 cm³/mol. The maximum atomic E-state index is 12.2. The van der Waals surface area contributed by atoms with Gasteiger partial charge in [0.15, 0.2) is 5.76 Å². The van der Waals surface area contributed by atoms with Gasteiger partial charge in [-0.3, -0.25) is 14.4 Å². The van der Waals surface area contributed by atoms with Crippen LogP contribution in [0.2, 0.25) is 0 Å². The molecule has 0 aromatic rings. The lowest BCUT2D eigenvalue weighted by atomic mass is 9.98. The van der Waals surface area contributed by atoms with Crippen LogP contribution in [0.25, 0.3) is 0 Å². The Morgan fingerprint density at radius 3 is 1.81 bits per heavy atom. The van der Waals surface area contributed by atoms with Gasteiger partial charge in [0.05, 0.1) is 6.61 Å². The molecule has 0 aromatic heterocycles. The predicted octanol–water partition coefficient (Wildman–Crippen LogP) is 2.61. The SMILES string of the molecule is C=C(OC(C)=O)C(=O)OC(C)(CC)CCOC(C)(C)C(=O)C(=C)OC(C)=O. The zero-order valence-corrected chi connectivity index (χ0v) is 16.8. The summed E-state index contributed by atoms with van der Waals surface area (Å²) in [5, 5.41) is 0. The maximum Gasteiger partial charge on any atom is 0.374 e. The van der Waals surface area contributed by atoms with E-state index in [-0.39, 0.29) is 18.8 Å². The van der Waals surface area contributed by atoms with Crippen molar-refractivity contribution in [1.82, 2.24) is 0 Å². The van der Waals surface area contributed by atoms with Crippen LogP contribution in [0.1, 0.15) is 54.4 Å². The van der Waals surface area contributed by atoms with E-state index in [2.05, 4.69) is 17.9 Å². The molecule has 0 saturated carbocycles. The number of carbonyl (C=O) groups is 4. The molecule has 0 rings (SSSR count). The third-order valence-electron chi connectivity index (χ3n) is 3.74. The molecule has 0 fully saturated rings. The van der Waals surface area contributed by atoms with Crippen LogP contribution >= 0.6 is 0 Å². The molecule has 0 spiro atoms. The van der Waals surface area contributed by atoms with Crippen molar-refractivity contribution in [3.63, 3.8) is 0 Å². The third kappa shape index (κ3) is 8.63. The third-order valence-corrected chi connectivity index (χ3v) is 3.74. The summed E-state index contributed by atoms with van der Waals surface area (Å²) in [4.78, 5) is 46.0. The van der Waals surface area contributed by atoms with Crippen molar-refractivity contribution in [3.05, 3.63) is 24.7 Å². The zero-order chi connectivity index (χ0) is 21.4. The number of esters is 3. The average Bonchev–Trinajstić information content (AvgIpc) is 2.52. The van der Waals surface area contributed by atoms with Gasteiger partial charge in [-0.05, 0) is 33.8 Å². The first-order chi connectivity index (χ1) is 12.2. The van der Waals surface area contributed by atoms with Crippen LogP contribution in [-0.2, 0) is 38.1 Å². The molecular weight excluding hydrogens is 356 g/mol. The van der Waals surface area contributed by atoms with Gasteiger partial charge in [0.1, 0.15) is 11.2 Å². The van der Waals surface area contributed by atoms with Crippen LogP contribution in [0.5, 0.6) is 0 Å². The van der Waals surface area contributed by atoms with E-state index in [4.69, 9.17) is 14.2 Å². The van der Waals surface area contributed by atoms with E-state index < -0.39 is 40.7 Å². The van der Waals surface area contributed by atoms with Crippen molar-refractivity contribution in [2.75, 3.05) is 6.61 Å². The highest BCUT2D eigenvalue weighted by Crippen LogP contribution is 2.24. The fraction of sp³-hybridized carbons (Fsp3) is 0.579. The Kier molecular flexibility index (Phi) is 9.09. The van der Waals surface area contributed by atoms with Crippen molar-refractivity contribution in [2.45, 2.75) is 65.6 Å². The van der Waals surface area contributed by atoms with E-state index in [9.17, 15) is 19.2 Å². The van der Waals surface area contributed by atoms with Crippen LogP contribution in [-0.4, -0.2) is 41.5 Å². The number of hydrogen-bond acceptors (Lipinski definition) is 8. The first-order valence-electron chi connectivity index (χ1n) is 8.41. The number of ether oxygens (including phenoxy) is 4. The van der Waals surface area contributed by atoms with E-state index in [0.29, 0.717) is 6.42 Å². The highest BCUT2D eigenvalue weighted by molar-refractivity contribution is 6.00. The molecule has 0 aliphatic heterocycles. The van der Waals surface area contributed by atoms with E-state index >= 15 is 0 Å². The standard InChI is InChI=1S/C19H28O8/c1-9-19(8,27-17(23)13(3)26-15(5)21)10-11-24-18(6,7)16(22)12(2)25-14(4)20/h2-3,9-11H2,1,4-8H3. The van der Waals surface area contributed by atoms with Crippen LogP contribution < -0.4 is 0 Å². The van der Waals surface area contributed by atoms with Crippen LogP contribution in [0.3, 0.4) is 0 Å². The van der Waals surface area contributed by atoms with Gasteiger partial charge in [-0.25, -0.2) is 4.79 Å². The second-order valence-electron chi connectivity index (χ2n) is 6.66. The van der Waals surface area contributed by atoms with Gasteiger partial charge in [-0.15, -0.1) is 0 Å². The van der Waals surface area contributed by atoms with Crippen molar-refractivity contribution < 1.29 is 38.1 Å². The fourth-order valence-corrected chi connectivity index (χ4v) is 1.94. The maximum absolute atomic E-state index is 12.2. The molecule has 0 amide bonds. The van der Waals surface area contributed by atoms with Gasteiger partial charge in [-0.2, -0.15) is 0 Å². The van der Waals surface area contributed by atoms with E-state index in [1.165, 1.54) is 13.8 Å². The molecule has 0 bridgehead atoms. The molecule has 0 aromatic carbocycles. The summed E-state index contributed by atoms with van der Waals surface area (Å²) in [7, 11) is 0. The minimum atomic E-state index is -1.29. The summed E-state index contributed by atoms with van der Waals surface area (Å²) in [6.07, 6.45) is 0.712.